The summed E-state index contributed by atoms with van der Waals surface area (Å²) in [5.41, 5.74) is 5.51. The van der Waals surface area contributed by atoms with E-state index in [2.05, 4.69) is 75.2 Å². The van der Waals surface area contributed by atoms with Crippen molar-refractivity contribution in [2.75, 3.05) is 14.2 Å². The number of likely N-dealkylation sites (N-methyl/N-ethyl adjacent to an activating group) is 1. The zero-order valence-corrected chi connectivity index (χ0v) is 21.9. The number of rotatable bonds is 2. The van der Waals surface area contributed by atoms with E-state index in [9.17, 15) is 4.79 Å². The number of para-hydroxylation sites is 2. The lowest BCUT2D eigenvalue weighted by molar-refractivity contribution is -0.256. The van der Waals surface area contributed by atoms with Crippen molar-refractivity contribution >= 4 is 49.5 Å². The zero-order chi connectivity index (χ0) is 25.6. The Kier molecular flexibility index (Phi) is 4.81. The molecule has 1 saturated heterocycles. The van der Waals surface area contributed by atoms with Gasteiger partial charge in [-0.1, -0.05) is 50.2 Å². The molecule has 2 aromatic heterocycles. The number of carbonyl (C=O) groups is 1. The lowest BCUT2D eigenvalue weighted by Crippen LogP contribution is -2.59. The average Bonchev–Trinajstić information content (AvgIpc) is 3.57. The van der Waals surface area contributed by atoms with Crippen LogP contribution in [0.3, 0.4) is 0 Å². The van der Waals surface area contributed by atoms with Gasteiger partial charge in [0.15, 0.2) is 5.72 Å². The Hall–Kier alpha value is -3.39. The monoisotopic (exact) mass is 496 g/mol. The van der Waals surface area contributed by atoms with E-state index in [1.54, 1.807) is 7.11 Å². The topological polar surface area (TPSA) is 69.5 Å². The van der Waals surface area contributed by atoms with Crippen LogP contribution < -0.4 is 10.6 Å². The summed E-state index contributed by atoms with van der Waals surface area (Å²) in [6.07, 6.45) is 0.337. The number of amides is 1. The third-order valence-electron chi connectivity index (χ3n) is 8.60. The Bertz CT molecular complexity index is 1750. The number of nitrogens with zero attached hydrogens (tertiary/aromatic N) is 2. The van der Waals surface area contributed by atoms with Gasteiger partial charge in [0.2, 0.25) is 0 Å². The van der Waals surface area contributed by atoms with Crippen LogP contribution in [0.5, 0.6) is 0 Å². The predicted octanol–water partition coefficient (Wildman–Crippen LogP) is 5.38. The van der Waals surface area contributed by atoms with Crippen molar-refractivity contribution in [3.63, 3.8) is 0 Å². The summed E-state index contributed by atoms with van der Waals surface area (Å²) in [5, 5.41) is 11.0. The highest BCUT2D eigenvalue weighted by Gasteiger charge is 2.53. The van der Waals surface area contributed by atoms with E-state index in [1.165, 1.54) is 0 Å². The number of benzene rings is 3. The molecule has 4 atom stereocenters. The van der Waals surface area contributed by atoms with E-state index in [1.807, 2.05) is 20.9 Å². The van der Waals surface area contributed by atoms with Gasteiger partial charge in [-0.05, 0) is 31.7 Å². The largest absolute Gasteiger partial charge is 0.375 e. The molecule has 37 heavy (non-hydrogen) atoms. The Morgan fingerprint density at radius 3 is 2.41 bits per heavy atom. The minimum Gasteiger partial charge on any atom is -0.375 e. The number of fused-ring (bicyclic) bond motifs is 13. The second-order valence-electron chi connectivity index (χ2n) is 10.1. The molecule has 0 radical (unpaired) electrons. The summed E-state index contributed by atoms with van der Waals surface area (Å²) < 4.78 is 18.0. The van der Waals surface area contributed by atoms with Crippen molar-refractivity contribution in [2.24, 2.45) is 0 Å². The van der Waals surface area contributed by atoms with Gasteiger partial charge in [0.25, 0.3) is 5.91 Å². The van der Waals surface area contributed by atoms with Gasteiger partial charge in [-0.15, -0.1) is 0 Å². The summed E-state index contributed by atoms with van der Waals surface area (Å²) in [5.74, 6) is 0.00357. The van der Waals surface area contributed by atoms with Crippen LogP contribution in [0.15, 0.2) is 48.5 Å². The molecule has 3 aliphatic heterocycles. The number of ether oxygens (including phenoxy) is 2. The SMILES string of the molecule is CC.CN[C@@H]1C[C@H]2O[C@@](C)(C1OC)n1c3ccccc3c3c4c(c5c6ccccc6n2c5c31)C(=O)NC4. The number of hydrogen-bond donors (Lipinski definition) is 2. The van der Waals surface area contributed by atoms with Gasteiger partial charge in [0.1, 0.15) is 12.3 Å². The molecule has 2 bridgehead atoms. The van der Waals surface area contributed by atoms with Crippen molar-refractivity contribution < 1.29 is 14.3 Å². The van der Waals surface area contributed by atoms with Crippen molar-refractivity contribution in [3.05, 3.63) is 59.7 Å². The Morgan fingerprint density at radius 1 is 1.03 bits per heavy atom. The first-order valence-electron chi connectivity index (χ1n) is 13.3. The Morgan fingerprint density at radius 2 is 1.70 bits per heavy atom. The molecule has 5 heterocycles. The predicted molar refractivity (Wildman–Crippen MR) is 147 cm³/mol. The Labute approximate surface area is 215 Å². The molecule has 3 aliphatic rings. The third kappa shape index (κ3) is 2.59. The maximum Gasteiger partial charge on any atom is 0.252 e. The molecule has 7 nitrogen and oxygen atoms in total. The molecule has 0 spiro atoms. The van der Waals surface area contributed by atoms with Gasteiger partial charge in [0, 0.05) is 47.7 Å². The van der Waals surface area contributed by atoms with Crippen LogP contribution in [-0.2, 0) is 21.7 Å². The minimum absolute atomic E-state index is 0.00357. The van der Waals surface area contributed by atoms with Crippen molar-refractivity contribution in [2.45, 2.75) is 57.8 Å². The van der Waals surface area contributed by atoms with Crippen molar-refractivity contribution in [1.29, 1.82) is 0 Å². The molecular weight excluding hydrogens is 464 g/mol. The molecule has 1 amide bonds. The normalized spacial score (nSPS) is 26.0. The average molecular weight is 497 g/mol. The minimum atomic E-state index is -0.760. The van der Waals surface area contributed by atoms with Gasteiger partial charge in [-0.3, -0.25) is 4.79 Å². The van der Waals surface area contributed by atoms with E-state index in [4.69, 9.17) is 9.47 Å². The molecule has 1 unspecified atom stereocenters. The third-order valence-corrected chi connectivity index (χ3v) is 8.60. The second-order valence-corrected chi connectivity index (χ2v) is 10.1. The molecule has 8 rings (SSSR count). The van der Waals surface area contributed by atoms with Crippen LogP contribution in [0.4, 0.5) is 0 Å². The molecule has 2 N–H and O–H groups in total. The van der Waals surface area contributed by atoms with E-state index in [0.717, 1.165) is 61.2 Å². The smallest absolute Gasteiger partial charge is 0.252 e. The maximum atomic E-state index is 13.3. The number of methoxy groups -OCH3 is 1. The lowest BCUT2D eigenvalue weighted by atomic mass is 9.93. The summed E-state index contributed by atoms with van der Waals surface area (Å²) in [6, 6.07) is 17.0. The zero-order valence-electron chi connectivity index (χ0n) is 21.9. The van der Waals surface area contributed by atoms with E-state index in [0.29, 0.717) is 6.54 Å². The summed E-state index contributed by atoms with van der Waals surface area (Å²) in [6.45, 7) is 6.68. The van der Waals surface area contributed by atoms with E-state index < -0.39 is 5.72 Å². The summed E-state index contributed by atoms with van der Waals surface area (Å²) in [7, 11) is 3.77. The highest BCUT2D eigenvalue weighted by Crippen LogP contribution is 2.53. The number of aromatic nitrogens is 2. The Balaban J connectivity index is 0.00000113. The molecular formula is C30H32N4O3. The summed E-state index contributed by atoms with van der Waals surface area (Å²) in [4.78, 5) is 13.3. The summed E-state index contributed by atoms with van der Waals surface area (Å²) >= 11 is 0. The second kappa shape index (κ2) is 7.81. The van der Waals surface area contributed by atoms with Crippen LogP contribution in [-0.4, -0.2) is 41.3 Å². The standard InChI is InChI=1S/C28H26N4O3.C2H6/c1-28-26(34-3)17(29-2)12-20(35-28)31-18-10-6-4-8-14(18)22-23-16(13-30-27(23)33)21-15-9-5-7-11-19(15)32(28)25(21)24(22)31;1-2/h4-11,17,20,26,29H,12-13H2,1-3H3,(H,30,33);1-2H3/t17-,20-,26?,28+;/m1./s1. The highest BCUT2D eigenvalue weighted by molar-refractivity contribution is 6.31. The quantitative estimate of drug-likeness (QED) is 0.344. The first kappa shape index (κ1) is 22.8. The van der Waals surface area contributed by atoms with E-state index >= 15 is 0 Å². The maximum absolute atomic E-state index is 13.3. The van der Waals surface area contributed by atoms with Gasteiger partial charge in [-0.2, -0.15) is 0 Å². The number of nitrogens with one attached hydrogen (secondary N) is 2. The van der Waals surface area contributed by atoms with Crippen LogP contribution in [0.25, 0.3) is 43.6 Å². The molecule has 1 fully saturated rings. The molecule has 3 aromatic carbocycles. The fraction of sp³-hybridized carbons (Fsp3) is 0.367. The van der Waals surface area contributed by atoms with E-state index in [-0.39, 0.29) is 24.3 Å². The molecule has 0 aliphatic carbocycles. The lowest BCUT2D eigenvalue weighted by Gasteiger charge is -2.48. The first-order valence-corrected chi connectivity index (χ1v) is 13.3. The van der Waals surface area contributed by atoms with Gasteiger partial charge < -0.3 is 29.2 Å². The molecule has 190 valence electrons. The van der Waals surface area contributed by atoms with Crippen molar-refractivity contribution in [3.8, 4) is 0 Å². The van der Waals surface area contributed by atoms with Crippen molar-refractivity contribution in [1.82, 2.24) is 19.8 Å². The van der Waals surface area contributed by atoms with Gasteiger partial charge in [-0.25, -0.2) is 0 Å². The molecule has 5 aromatic rings. The first-order chi connectivity index (χ1) is 18.1. The van der Waals surface area contributed by atoms with Gasteiger partial charge in [0.05, 0.1) is 27.6 Å². The highest BCUT2D eigenvalue weighted by atomic mass is 16.6. The van der Waals surface area contributed by atoms with Crippen LogP contribution in [0.2, 0.25) is 0 Å². The number of carbonyl (C=O) groups excluding carboxylic acids is 1. The molecule has 0 saturated carbocycles. The van der Waals surface area contributed by atoms with Crippen LogP contribution in [0.1, 0.15) is 49.3 Å². The fourth-order valence-corrected chi connectivity index (χ4v) is 7.33. The number of hydrogen-bond acceptors (Lipinski definition) is 4. The molecule has 7 heteroatoms. The van der Waals surface area contributed by atoms with Crippen LogP contribution >= 0.6 is 0 Å². The van der Waals surface area contributed by atoms with Gasteiger partial charge >= 0.3 is 0 Å². The van der Waals surface area contributed by atoms with Crippen LogP contribution in [0, 0.1) is 0 Å². The fourth-order valence-electron chi connectivity index (χ4n) is 7.33.